The highest BCUT2D eigenvalue weighted by molar-refractivity contribution is 6.53. The largest absolute Gasteiger partial charge is 0.452 e. The molecular weight excluding hydrogens is 347 g/mol. The lowest BCUT2D eigenvalue weighted by Gasteiger charge is -2.17. The van der Waals surface area contributed by atoms with Gasteiger partial charge in [-0.3, -0.25) is 19.7 Å². The van der Waals surface area contributed by atoms with Crippen molar-refractivity contribution in [3.8, 4) is 0 Å². The van der Waals surface area contributed by atoms with Crippen molar-refractivity contribution in [2.24, 2.45) is 5.41 Å². The molecule has 1 fully saturated rings. The highest BCUT2D eigenvalue weighted by Gasteiger charge is 2.69. The smallest absolute Gasteiger partial charge is 0.315 e. The quantitative estimate of drug-likeness (QED) is 0.376. The Labute approximate surface area is 142 Å². The molecule has 1 aliphatic carbocycles. The number of nitro benzene ring substituents is 1. The summed E-state index contributed by atoms with van der Waals surface area (Å²) in [5.74, 6) is -1.38. The fraction of sp³-hybridized carbons (Fsp3) is 0.429. The van der Waals surface area contributed by atoms with Gasteiger partial charge in [0.05, 0.1) is 4.92 Å². The minimum Gasteiger partial charge on any atom is -0.452 e. The second-order valence-electron chi connectivity index (χ2n) is 5.52. The molecule has 1 saturated carbocycles. The second-order valence-corrected chi connectivity index (χ2v) is 7.01. The molecule has 2 rings (SSSR count). The molecule has 0 spiro atoms. The molecule has 1 aromatic rings. The fourth-order valence-corrected chi connectivity index (χ4v) is 2.63. The van der Waals surface area contributed by atoms with E-state index in [4.69, 9.17) is 27.9 Å². The van der Waals surface area contributed by atoms with E-state index in [1.165, 1.54) is 25.1 Å². The molecule has 0 aliphatic heterocycles. The molecule has 0 saturated heterocycles. The summed E-state index contributed by atoms with van der Waals surface area (Å²) in [6.45, 7) is 2.90. The van der Waals surface area contributed by atoms with Gasteiger partial charge in [-0.2, -0.15) is 0 Å². The standard InChI is InChI=1S/C14H14Cl2N2O5/c1-8(23-12(20)13(2)7-14(13,15)16)11(19)17-9-5-3-4-6-10(9)18(21)22/h3-6,8H,7H2,1-2H3,(H,17,19)/t8-,13-/m0/s1. The van der Waals surface area contributed by atoms with Crippen LogP contribution in [-0.4, -0.2) is 27.2 Å². The van der Waals surface area contributed by atoms with Gasteiger partial charge in [0.25, 0.3) is 11.6 Å². The van der Waals surface area contributed by atoms with E-state index >= 15 is 0 Å². The first-order chi connectivity index (χ1) is 10.6. The van der Waals surface area contributed by atoms with Gasteiger partial charge in [-0.05, 0) is 19.9 Å². The number of ether oxygens (including phenoxy) is 1. The Kier molecular flexibility index (Phi) is 4.54. The van der Waals surface area contributed by atoms with Gasteiger partial charge in [0.15, 0.2) is 6.10 Å². The third kappa shape index (κ3) is 3.40. The SMILES string of the molecule is C[C@H](OC(=O)[C@]1(C)CC1(Cl)Cl)C(=O)Nc1ccccc1[N+](=O)[O-]. The van der Waals surface area contributed by atoms with Crippen molar-refractivity contribution < 1.29 is 19.2 Å². The number of carbonyl (C=O) groups excluding carboxylic acids is 2. The van der Waals surface area contributed by atoms with Crippen LogP contribution in [0.4, 0.5) is 11.4 Å². The van der Waals surface area contributed by atoms with Crippen LogP contribution in [0.25, 0.3) is 0 Å². The summed E-state index contributed by atoms with van der Waals surface area (Å²) in [5, 5.41) is 13.3. The van der Waals surface area contributed by atoms with Gasteiger partial charge in [0.1, 0.15) is 15.4 Å². The van der Waals surface area contributed by atoms with Crippen LogP contribution in [-0.2, 0) is 14.3 Å². The third-order valence-electron chi connectivity index (χ3n) is 3.72. The number of benzene rings is 1. The summed E-state index contributed by atoms with van der Waals surface area (Å²) in [6.07, 6.45) is -0.913. The number of nitrogens with one attached hydrogen (secondary N) is 1. The highest BCUT2D eigenvalue weighted by Crippen LogP contribution is 2.64. The third-order valence-corrected chi connectivity index (χ3v) is 4.82. The molecule has 23 heavy (non-hydrogen) atoms. The molecule has 124 valence electrons. The number of nitro groups is 1. The van der Waals surface area contributed by atoms with Gasteiger partial charge in [-0.1, -0.05) is 12.1 Å². The Morgan fingerprint density at radius 3 is 2.48 bits per heavy atom. The maximum absolute atomic E-state index is 12.1. The molecule has 0 bridgehead atoms. The van der Waals surface area contributed by atoms with Crippen molar-refractivity contribution in [2.75, 3.05) is 5.32 Å². The number of hydrogen-bond acceptors (Lipinski definition) is 5. The predicted octanol–water partition coefficient (Wildman–Crippen LogP) is 3.05. The van der Waals surface area contributed by atoms with Crippen molar-refractivity contribution in [1.29, 1.82) is 0 Å². The number of alkyl halides is 2. The van der Waals surface area contributed by atoms with E-state index in [0.29, 0.717) is 0 Å². The molecule has 1 amide bonds. The van der Waals surface area contributed by atoms with Gasteiger partial charge in [-0.25, -0.2) is 0 Å². The molecule has 0 heterocycles. The fourth-order valence-electron chi connectivity index (χ4n) is 1.94. The summed E-state index contributed by atoms with van der Waals surface area (Å²) < 4.78 is 3.86. The summed E-state index contributed by atoms with van der Waals surface area (Å²) in [6, 6.07) is 5.66. The molecule has 7 nitrogen and oxygen atoms in total. The zero-order valence-electron chi connectivity index (χ0n) is 12.3. The number of amides is 1. The minimum atomic E-state index is -1.20. The summed E-state index contributed by atoms with van der Waals surface area (Å²) in [5.41, 5.74) is -1.29. The van der Waals surface area contributed by atoms with Gasteiger partial charge in [-0.15, -0.1) is 23.2 Å². The Balaban J connectivity index is 2.02. The van der Waals surface area contributed by atoms with Crippen LogP contribution in [0.1, 0.15) is 20.3 Å². The number of hydrogen-bond donors (Lipinski definition) is 1. The zero-order chi connectivity index (χ0) is 17.4. The van der Waals surface area contributed by atoms with Crippen molar-refractivity contribution in [2.45, 2.75) is 30.7 Å². The molecule has 9 heteroatoms. The topological polar surface area (TPSA) is 98.5 Å². The first-order valence-corrected chi connectivity index (χ1v) is 7.47. The highest BCUT2D eigenvalue weighted by atomic mass is 35.5. The Hall–Kier alpha value is -1.86. The van der Waals surface area contributed by atoms with E-state index < -0.39 is 32.7 Å². The van der Waals surface area contributed by atoms with Gasteiger partial charge < -0.3 is 10.1 Å². The van der Waals surface area contributed by atoms with Gasteiger partial charge in [0, 0.05) is 12.5 Å². The molecule has 1 aliphatic rings. The Morgan fingerprint density at radius 1 is 1.39 bits per heavy atom. The number of esters is 1. The van der Waals surface area contributed by atoms with Crippen molar-refractivity contribution >= 4 is 46.5 Å². The Morgan fingerprint density at radius 2 is 1.96 bits per heavy atom. The molecule has 1 N–H and O–H groups in total. The van der Waals surface area contributed by atoms with Crippen molar-refractivity contribution in [1.82, 2.24) is 0 Å². The number of carbonyl (C=O) groups is 2. The molecule has 1 aromatic carbocycles. The molecular formula is C14H14Cl2N2O5. The van der Waals surface area contributed by atoms with Crippen LogP contribution < -0.4 is 5.32 Å². The lowest BCUT2D eigenvalue weighted by atomic mass is 10.1. The molecule has 0 aromatic heterocycles. The average molecular weight is 361 g/mol. The van der Waals surface area contributed by atoms with Gasteiger partial charge in [0.2, 0.25) is 0 Å². The molecule has 0 unspecified atom stereocenters. The van der Waals surface area contributed by atoms with Gasteiger partial charge >= 0.3 is 5.97 Å². The van der Waals surface area contributed by atoms with E-state index in [1.807, 2.05) is 0 Å². The van der Waals surface area contributed by atoms with E-state index in [1.54, 1.807) is 13.0 Å². The van der Waals surface area contributed by atoms with Crippen LogP contribution >= 0.6 is 23.2 Å². The summed E-state index contributed by atoms with van der Waals surface area (Å²) >= 11 is 11.8. The summed E-state index contributed by atoms with van der Waals surface area (Å²) in [7, 11) is 0. The van der Waals surface area contributed by atoms with E-state index in [-0.39, 0.29) is 17.8 Å². The van der Waals surface area contributed by atoms with Crippen LogP contribution in [0.15, 0.2) is 24.3 Å². The second kappa shape index (κ2) is 5.98. The first kappa shape index (κ1) is 17.5. The molecule has 2 atom stereocenters. The number of para-hydroxylation sites is 2. The predicted molar refractivity (Wildman–Crippen MR) is 84.4 cm³/mol. The number of halogens is 2. The van der Waals surface area contributed by atoms with E-state index in [2.05, 4.69) is 5.32 Å². The normalized spacial score (nSPS) is 22.8. The van der Waals surface area contributed by atoms with Crippen LogP contribution in [0.2, 0.25) is 0 Å². The monoisotopic (exact) mass is 360 g/mol. The minimum absolute atomic E-state index is 0.0204. The lowest BCUT2D eigenvalue weighted by molar-refractivity contribution is -0.383. The lowest BCUT2D eigenvalue weighted by Crippen LogP contribution is -2.33. The van der Waals surface area contributed by atoms with Crippen LogP contribution in [0.5, 0.6) is 0 Å². The van der Waals surface area contributed by atoms with Crippen LogP contribution in [0.3, 0.4) is 0 Å². The summed E-state index contributed by atoms with van der Waals surface area (Å²) in [4.78, 5) is 34.3. The number of rotatable bonds is 5. The maximum Gasteiger partial charge on any atom is 0.315 e. The first-order valence-electron chi connectivity index (χ1n) is 6.72. The van der Waals surface area contributed by atoms with Crippen molar-refractivity contribution in [3.05, 3.63) is 34.4 Å². The number of nitrogens with zero attached hydrogens (tertiary/aromatic N) is 1. The maximum atomic E-state index is 12.1. The van der Waals surface area contributed by atoms with Crippen LogP contribution in [0, 0.1) is 15.5 Å². The van der Waals surface area contributed by atoms with E-state index in [9.17, 15) is 19.7 Å². The number of anilines is 1. The zero-order valence-corrected chi connectivity index (χ0v) is 13.9. The molecule has 0 radical (unpaired) electrons. The Bertz CT molecular complexity index is 679. The van der Waals surface area contributed by atoms with Crippen molar-refractivity contribution in [3.63, 3.8) is 0 Å². The average Bonchev–Trinajstić information content (AvgIpc) is 2.99. The van der Waals surface area contributed by atoms with E-state index in [0.717, 1.165) is 0 Å².